The van der Waals surface area contributed by atoms with Gasteiger partial charge in [-0.25, -0.2) is 0 Å². The summed E-state index contributed by atoms with van der Waals surface area (Å²) in [6, 6.07) is 3.92. The Bertz CT molecular complexity index is 336. The fourth-order valence-electron chi connectivity index (χ4n) is 1.64. The highest BCUT2D eigenvalue weighted by Crippen LogP contribution is 2.13. The Morgan fingerprint density at radius 2 is 2.20 bits per heavy atom. The van der Waals surface area contributed by atoms with Gasteiger partial charge in [0, 0.05) is 12.2 Å². The summed E-state index contributed by atoms with van der Waals surface area (Å²) in [6.45, 7) is 8.85. The number of carbonyl (C=O) groups is 1. The first-order chi connectivity index (χ1) is 7.19. The molecular formula is C13H19NO. The molecule has 1 rings (SSSR count). The number of aromatic nitrogens is 1. The van der Waals surface area contributed by atoms with Gasteiger partial charge in [-0.15, -0.1) is 6.58 Å². The molecule has 2 heteroatoms. The average molecular weight is 205 g/mol. The van der Waals surface area contributed by atoms with E-state index in [1.807, 2.05) is 22.8 Å². The third-order valence-corrected chi connectivity index (χ3v) is 2.52. The highest BCUT2D eigenvalue weighted by atomic mass is 16.1. The number of rotatable bonds is 6. The van der Waals surface area contributed by atoms with Crippen molar-refractivity contribution >= 4 is 6.29 Å². The van der Waals surface area contributed by atoms with E-state index in [4.69, 9.17) is 0 Å². The zero-order chi connectivity index (χ0) is 11.3. The number of hydrogen-bond acceptors (Lipinski definition) is 1. The second kappa shape index (κ2) is 5.54. The van der Waals surface area contributed by atoms with Gasteiger partial charge in [-0.2, -0.15) is 0 Å². The molecule has 2 nitrogen and oxygen atoms in total. The lowest BCUT2D eigenvalue weighted by atomic mass is 10.1. The minimum atomic E-state index is 0.691. The maximum absolute atomic E-state index is 10.8. The van der Waals surface area contributed by atoms with E-state index < -0.39 is 0 Å². The molecule has 0 saturated carbocycles. The Balaban J connectivity index is 2.81. The Labute approximate surface area is 91.6 Å². The van der Waals surface area contributed by atoms with Crippen molar-refractivity contribution in [1.82, 2.24) is 4.57 Å². The predicted molar refractivity (Wildman–Crippen MR) is 63.2 cm³/mol. The molecule has 0 amide bonds. The summed E-state index contributed by atoms with van der Waals surface area (Å²) in [7, 11) is 0. The van der Waals surface area contributed by atoms with E-state index in [9.17, 15) is 4.79 Å². The van der Waals surface area contributed by atoms with Crippen molar-refractivity contribution < 1.29 is 4.79 Å². The first kappa shape index (κ1) is 11.8. The van der Waals surface area contributed by atoms with Gasteiger partial charge in [0.1, 0.15) is 0 Å². The van der Waals surface area contributed by atoms with E-state index in [1.54, 1.807) is 0 Å². The zero-order valence-electron chi connectivity index (χ0n) is 9.57. The van der Waals surface area contributed by atoms with Crippen LogP contribution in [0.15, 0.2) is 24.8 Å². The molecule has 0 bridgehead atoms. The number of carbonyl (C=O) groups excluding carboxylic acids is 1. The van der Waals surface area contributed by atoms with Crippen molar-refractivity contribution in [3.63, 3.8) is 0 Å². The van der Waals surface area contributed by atoms with E-state index in [2.05, 4.69) is 20.4 Å². The summed E-state index contributed by atoms with van der Waals surface area (Å²) in [5.41, 5.74) is 1.97. The topological polar surface area (TPSA) is 22.0 Å². The lowest BCUT2D eigenvalue weighted by Gasteiger charge is -2.09. The molecule has 0 radical (unpaired) electrons. The third-order valence-electron chi connectivity index (χ3n) is 2.52. The second-order valence-electron chi connectivity index (χ2n) is 4.20. The van der Waals surface area contributed by atoms with Gasteiger partial charge >= 0.3 is 0 Å². The molecule has 0 N–H and O–H groups in total. The van der Waals surface area contributed by atoms with Crippen LogP contribution in [0.3, 0.4) is 0 Å². The van der Waals surface area contributed by atoms with Crippen LogP contribution in [-0.2, 0) is 13.0 Å². The van der Waals surface area contributed by atoms with Crippen LogP contribution in [0.25, 0.3) is 0 Å². The number of hydrogen-bond donors (Lipinski definition) is 0. The number of aldehydes is 1. The molecule has 82 valence electrons. The Morgan fingerprint density at radius 3 is 2.73 bits per heavy atom. The summed E-state index contributed by atoms with van der Waals surface area (Å²) in [6.07, 6.45) is 4.91. The molecule has 1 heterocycles. The van der Waals surface area contributed by atoms with Crippen LogP contribution in [0, 0.1) is 5.92 Å². The van der Waals surface area contributed by atoms with Crippen LogP contribution >= 0.6 is 0 Å². The van der Waals surface area contributed by atoms with Gasteiger partial charge in [0.15, 0.2) is 6.29 Å². The Hall–Kier alpha value is -1.31. The van der Waals surface area contributed by atoms with Gasteiger partial charge in [-0.3, -0.25) is 4.79 Å². The van der Waals surface area contributed by atoms with E-state index >= 15 is 0 Å². The summed E-state index contributed by atoms with van der Waals surface area (Å²) < 4.78 is 2.03. The maximum Gasteiger partial charge on any atom is 0.166 e. The highest BCUT2D eigenvalue weighted by Gasteiger charge is 2.06. The first-order valence-electron chi connectivity index (χ1n) is 5.43. The monoisotopic (exact) mass is 205 g/mol. The van der Waals surface area contributed by atoms with E-state index in [0.717, 1.165) is 24.8 Å². The van der Waals surface area contributed by atoms with Gasteiger partial charge in [-0.05, 0) is 30.9 Å². The largest absolute Gasteiger partial charge is 0.339 e. The Morgan fingerprint density at radius 1 is 1.47 bits per heavy atom. The van der Waals surface area contributed by atoms with Crippen LogP contribution in [0.4, 0.5) is 0 Å². The summed E-state index contributed by atoms with van der Waals surface area (Å²) in [5, 5.41) is 0. The second-order valence-corrected chi connectivity index (χ2v) is 4.20. The highest BCUT2D eigenvalue weighted by molar-refractivity contribution is 5.72. The Kier molecular flexibility index (Phi) is 4.35. The molecule has 0 unspecified atom stereocenters. The molecule has 0 aromatic carbocycles. The van der Waals surface area contributed by atoms with Crippen LogP contribution in [-0.4, -0.2) is 10.9 Å². The van der Waals surface area contributed by atoms with Crippen molar-refractivity contribution in [2.75, 3.05) is 0 Å². The molecule has 0 aliphatic heterocycles. The summed E-state index contributed by atoms with van der Waals surface area (Å²) in [4.78, 5) is 10.8. The number of allylic oxidation sites excluding steroid dienone is 1. The quantitative estimate of drug-likeness (QED) is 0.516. The van der Waals surface area contributed by atoms with Crippen molar-refractivity contribution in [2.24, 2.45) is 5.92 Å². The lowest BCUT2D eigenvalue weighted by molar-refractivity contribution is 0.111. The molecule has 0 spiro atoms. The molecular weight excluding hydrogens is 186 g/mol. The van der Waals surface area contributed by atoms with Crippen molar-refractivity contribution in [3.05, 3.63) is 36.2 Å². The molecule has 0 saturated heterocycles. The van der Waals surface area contributed by atoms with Gasteiger partial charge in [0.05, 0.1) is 5.69 Å². The van der Waals surface area contributed by atoms with Crippen molar-refractivity contribution in [3.8, 4) is 0 Å². The lowest BCUT2D eigenvalue weighted by Crippen LogP contribution is -2.06. The third kappa shape index (κ3) is 3.08. The number of aryl methyl sites for hydroxylation is 1. The van der Waals surface area contributed by atoms with E-state index in [-0.39, 0.29) is 0 Å². The maximum atomic E-state index is 10.8. The van der Waals surface area contributed by atoms with E-state index in [0.29, 0.717) is 12.5 Å². The average Bonchev–Trinajstić information content (AvgIpc) is 2.58. The predicted octanol–water partition coefficient (Wildman–Crippen LogP) is 3.08. The van der Waals surface area contributed by atoms with Crippen molar-refractivity contribution in [2.45, 2.75) is 33.2 Å². The smallest absolute Gasteiger partial charge is 0.166 e. The van der Waals surface area contributed by atoms with Crippen LogP contribution in [0.2, 0.25) is 0 Å². The van der Waals surface area contributed by atoms with Crippen LogP contribution < -0.4 is 0 Å². The fraction of sp³-hybridized carbons (Fsp3) is 0.462. The molecule has 0 aliphatic rings. The normalized spacial score (nSPS) is 10.6. The SMILES string of the molecule is C=CCn1c(C=O)ccc1CCC(C)C. The van der Waals surface area contributed by atoms with Gasteiger partial charge in [-0.1, -0.05) is 19.9 Å². The summed E-state index contributed by atoms with van der Waals surface area (Å²) >= 11 is 0. The van der Waals surface area contributed by atoms with Crippen LogP contribution in [0.1, 0.15) is 36.5 Å². The molecule has 0 fully saturated rings. The molecule has 1 aromatic rings. The fourth-order valence-corrected chi connectivity index (χ4v) is 1.64. The first-order valence-corrected chi connectivity index (χ1v) is 5.43. The standard InChI is InChI=1S/C13H19NO/c1-4-9-14-12(6-5-11(2)3)7-8-13(14)10-15/h4,7-8,10-11H,1,5-6,9H2,2-3H3. The molecule has 0 atom stereocenters. The minimum Gasteiger partial charge on any atom is -0.339 e. The molecule has 1 aromatic heterocycles. The molecule has 15 heavy (non-hydrogen) atoms. The van der Waals surface area contributed by atoms with Crippen molar-refractivity contribution in [1.29, 1.82) is 0 Å². The van der Waals surface area contributed by atoms with Gasteiger partial charge in [0.2, 0.25) is 0 Å². The van der Waals surface area contributed by atoms with Gasteiger partial charge < -0.3 is 4.57 Å². The zero-order valence-corrected chi connectivity index (χ0v) is 9.57. The number of nitrogens with zero attached hydrogens (tertiary/aromatic N) is 1. The molecule has 0 aliphatic carbocycles. The summed E-state index contributed by atoms with van der Waals surface area (Å²) in [5.74, 6) is 0.691. The van der Waals surface area contributed by atoms with Gasteiger partial charge in [0.25, 0.3) is 0 Å². The minimum absolute atomic E-state index is 0.691. The van der Waals surface area contributed by atoms with E-state index in [1.165, 1.54) is 5.69 Å². The van der Waals surface area contributed by atoms with Crippen LogP contribution in [0.5, 0.6) is 0 Å².